The number of halogens is 2. The van der Waals surface area contributed by atoms with E-state index in [-0.39, 0.29) is 35.8 Å². The molecule has 1 aromatic rings. The van der Waals surface area contributed by atoms with E-state index in [1.807, 2.05) is 11.8 Å². The lowest BCUT2D eigenvalue weighted by molar-refractivity contribution is -0.133. The fourth-order valence-electron chi connectivity index (χ4n) is 3.16. The van der Waals surface area contributed by atoms with E-state index in [2.05, 4.69) is 5.32 Å². The van der Waals surface area contributed by atoms with Gasteiger partial charge in [-0.15, -0.1) is 12.4 Å². The van der Waals surface area contributed by atoms with Crippen molar-refractivity contribution in [3.8, 4) is 0 Å². The van der Waals surface area contributed by atoms with Gasteiger partial charge in [0.15, 0.2) is 0 Å². The smallest absolute Gasteiger partial charge is 0.242 e. The van der Waals surface area contributed by atoms with Crippen molar-refractivity contribution in [2.45, 2.75) is 43.5 Å². The molecule has 1 atom stereocenters. The van der Waals surface area contributed by atoms with Gasteiger partial charge >= 0.3 is 0 Å². The van der Waals surface area contributed by atoms with E-state index >= 15 is 0 Å². The van der Waals surface area contributed by atoms with E-state index < -0.39 is 15.8 Å². The summed E-state index contributed by atoms with van der Waals surface area (Å²) in [5, 5.41) is 3.27. The van der Waals surface area contributed by atoms with Crippen LogP contribution in [0.3, 0.4) is 0 Å². The molecule has 1 fully saturated rings. The second kappa shape index (κ2) is 10.9. The van der Waals surface area contributed by atoms with Gasteiger partial charge in [-0.1, -0.05) is 6.92 Å². The Hall–Kier alpha value is -1.22. The first-order valence-corrected chi connectivity index (χ1v) is 10.5. The minimum atomic E-state index is -3.67. The molecule has 154 valence electrons. The zero-order valence-corrected chi connectivity index (χ0v) is 17.5. The summed E-state index contributed by atoms with van der Waals surface area (Å²) in [5.74, 6) is -0.400. The molecule has 1 aliphatic heterocycles. The molecule has 1 heterocycles. The van der Waals surface area contributed by atoms with Crippen molar-refractivity contribution in [1.29, 1.82) is 0 Å². The van der Waals surface area contributed by atoms with E-state index in [1.54, 1.807) is 0 Å². The molecular formula is C18H29ClFN3O3S. The highest BCUT2D eigenvalue weighted by molar-refractivity contribution is 7.89. The van der Waals surface area contributed by atoms with E-state index in [0.717, 1.165) is 44.6 Å². The molecule has 1 saturated heterocycles. The first-order valence-electron chi connectivity index (χ1n) is 9.08. The molecule has 1 N–H and O–H groups in total. The van der Waals surface area contributed by atoms with Crippen molar-refractivity contribution in [3.05, 3.63) is 30.1 Å². The van der Waals surface area contributed by atoms with Crippen LogP contribution in [0.4, 0.5) is 4.39 Å². The zero-order valence-electron chi connectivity index (χ0n) is 15.9. The largest absolute Gasteiger partial charge is 0.338 e. The number of hydrogen-bond donors (Lipinski definition) is 1. The molecule has 1 aromatic carbocycles. The maximum atomic E-state index is 13.0. The van der Waals surface area contributed by atoms with Crippen LogP contribution in [0, 0.1) is 5.82 Å². The molecule has 6 nitrogen and oxygen atoms in total. The van der Waals surface area contributed by atoms with Crippen LogP contribution in [0.5, 0.6) is 0 Å². The molecule has 1 aliphatic rings. The number of sulfonamides is 1. The third-order valence-electron chi connectivity index (χ3n) is 4.65. The van der Waals surface area contributed by atoms with Gasteiger partial charge < -0.3 is 10.2 Å². The van der Waals surface area contributed by atoms with Gasteiger partial charge in [-0.3, -0.25) is 4.79 Å². The van der Waals surface area contributed by atoms with Crippen molar-refractivity contribution < 1.29 is 17.6 Å². The summed E-state index contributed by atoms with van der Waals surface area (Å²) in [6, 6.07) is 5.00. The number of benzene rings is 1. The van der Waals surface area contributed by atoms with Gasteiger partial charge in [-0.25, -0.2) is 17.1 Å². The highest BCUT2D eigenvalue weighted by Gasteiger charge is 2.26. The molecule has 9 heteroatoms. The Bertz CT molecular complexity index is 694. The maximum absolute atomic E-state index is 13.0. The van der Waals surface area contributed by atoms with Crippen LogP contribution in [0.15, 0.2) is 29.2 Å². The number of amides is 1. The molecule has 0 radical (unpaired) electrons. The number of hydrogen-bond acceptors (Lipinski definition) is 4. The Balaban J connectivity index is 0.00000364. The van der Waals surface area contributed by atoms with E-state index in [0.29, 0.717) is 12.8 Å². The average Bonchev–Trinajstić information content (AvgIpc) is 3.14. The zero-order chi connectivity index (χ0) is 19.2. The first-order chi connectivity index (χ1) is 12.4. The van der Waals surface area contributed by atoms with Gasteiger partial charge in [0.05, 0.1) is 4.90 Å². The Labute approximate surface area is 167 Å². The van der Waals surface area contributed by atoms with Gasteiger partial charge in [0.2, 0.25) is 15.9 Å². The third kappa shape index (κ3) is 6.41. The predicted octanol–water partition coefficient (Wildman–Crippen LogP) is 2.25. The van der Waals surface area contributed by atoms with Crippen LogP contribution in [0.1, 0.15) is 32.6 Å². The summed E-state index contributed by atoms with van der Waals surface area (Å²) >= 11 is 0. The van der Waals surface area contributed by atoms with Crippen LogP contribution in [0.2, 0.25) is 0 Å². The normalized spacial score (nSPS) is 17.0. The number of nitrogens with one attached hydrogen (secondary N) is 1. The van der Waals surface area contributed by atoms with E-state index in [4.69, 9.17) is 0 Å². The van der Waals surface area contributed by atoms with E-state index in [9.17, 15) is 17.6 Å². The predicted molar refractivity (Wildman–Crippen MR) is 106 cm³/mol. The molecule has 0 spiro atoms. The monoisotopic (exact) mass is 421 g/mol. The van der Waals surface area contributed by atoms with Crippen molar-refractivity contribution in [2.24, 2.45) is 0 Å². The topological polar surface area (TPSA) is 69.7 Å². The summed E-state index contributed by atoms with van der Waals surface area (Å²) in [4.78, 5) is 14.5. The summed E-state index contributed by atoms with van der Waals surface area (Å²) in [5.41, 5.74) is 0. The van der Waals surface area contributed by atoms with Crippen LogP contribution in [-0.4, -0.2) is 62.8 Å². The lowest BCUT2D eigenvalue weighted by Crippen LogP contribution is -2.42. The van der Waals surface area contributed by atoms with Crippen molar-refractivity contribution >= 4 is 28.3 Å². The van der Waals surface area contributed by atoms with Crippen LogP contribution >= 0.6 is 12.4 Å². The van der Waals surface area contributed by atoms with Crippen molar-refractivity contribution in [2.75, 3.05) is 33.2 Å². The second-order valence-corrected chi connectivity index (χ2v) is 8.66. The molecular weight excluding hydrogens is 393 g/mol. The van der Waals surface area contributed by atoms with Gasteiger partial charge in [0.1, 0.15) is 5.82 Å². The SMILES string of the molecule is CCCN(C(=O)CCCN(C)S(=O)(=O)c1ccc(F)cc1)C1CCNC1.Cl. The second-order valence-electron chi connectivity index (χ2n) is 6.62. The minimum absolute atomic E-state index is 0. The highest BCUT2D eigenvalue weighted by Crippen LogP contribution is 2.16. The summed E-state index contributed by atoms with van der Waals surface area (Å²) in [6.07, 6.45) is 2.64. The molecule has 2 rings (SSSR count). The van der Waals surface area contributed by atoms with Crippen molar-refractivity contribution in [3.63, 3.8) is 0 Å². The van der Waals surface area contributed by atoms with Gasteiger partial charge in [-0.05, 0) is 50.1 Å². The maximum Gasteiger partial charge on any atom is 0.242 e. The molecule has 1 unspecified atom stereocenters. The summed E-state index contributed by atoms with van der Waals surface area (Å²) in [7, 11) is -2.19. The fraction of sp³-hybridized carbons (Fsp3) is 0.611. The van der Waals surface area contributed by atoms with Crippen LogP contribution in [-0.2, 0) is 14.8 Å². The Morgan fingerprint density at radius 2 is 1.93 bits per heavy atom. The average molecular weight is 422 g/mol. The Morgan fingerprint density at radius 3 is 2.48 bits per heavy atom. The minimum Gasteiger partial charge on any atom is -0.338 e. The summed E-state index contributed by atoms with van der Waals surface area (Å²) in [6.45, 7) is 4.77. The quantitative estimate of drug-likeness (QED) is 0.664. The van der Waals surface area contributed by atoms with Gasteiger partial charge in [0.25, 0.3) is 0 Å². The Morgan fingerprint density at radius 1 is 1.26 bits per heavy atom. The van der Waals surface area contributed by atoms with Crippen LogP contribution < -0.4 is 5.32 Å². The number of carbonyl (C=O) groups is 1. The lowest BCUT2D eigenvalue weighted by atomic mass is 10.1. The van der Waals surface area contributed by atoms with Crippen LogP contribution in [0.25, 0.3) is 0 Å². The summed E-state index contributed by atoms with van der Waals surface area (Å²) < 4.78 is 39.1. The third-order valence-corrected chi connectivity index (χ3v) is 6.52. The van der Waals surface area contributed by atoms with Gasteiger partial charge in [0, 0.05) is 39.1 Å². The Kier molecular flexibility index (Phi) is 9.66. The first kappa shape index (κ1) is 23.8. The molecule has 0 saturated carbocycles. The highest BCUT2D eigenvalue weighted by atomic mass is 35.5. The fourth-order valence-corrected chi connectivity index (χ4v) is 4.37. The van der Waals surface area contributed by atoms with Crippen molar-refractivity contribution in [1.82, 2.24) is 14.5 Å². The molecule has 1 amide bonds. The molecule has 0 aromatic heterocycles. The molecule has 27 heavy (non-hydrogen) atoms. The number of nitrogens with zero attached hydrogens (tertiary/aromatic N) is 2. The molecule has 0 bridgehead atoms. The van der Waals surface area contributed by atoms with Gasteiger partial charge in [-0.2, -0.15) is 0 Å². The number of rotatable bonds is 9. The molecule has 0 aliphatic carbocycles. The number of carbonyl (C=O) groups excluding carboxylic acids is 1. The standard InChI is InChI=1S/C18H28FN3O3S.ClH/c1-3-12-22(16-10-11-20-14-16)18(23)5-4-13-21(2)26(24,25)17-8-6-15(19)7-9-17;/h6-9,16,20H,3-5,10-14H2,1-2H3;1H. The lowest BCUT2D eigenvalue weighted by Gasteiger charge is -2.28. The van der Waals surface area contributed by atoms with E-state index in [1.165, 1.54) is 23.5 Å².